The second-order valence-corrected chi connectivity index (χ2v) is 5.51. The Morgan fingerprint density at radius 2 is 2.29 bits per heavy atom. The van der Waals surface area contributed by atoms with Gasteiger partial charge in [-0.2, -0.15) is 0 Å². The second kappa shape index (κ2) is 5.56. The molecule has 2 atom stereocenters. The van der Waals surface area contributed by atoms with E-state index in [2.05, 4.69) is 41.8 Å². The van der Waals surface area contributed by atoms with Crippen LogP contribution in [0.3, 0.4) is 0 Å². The summed E-state index contributed by atoms with van der Waals surface area (Å²) in [4.78, 5) is 4.60. The van der Waals surface area contributed by atoms with Gasteiger partial charge in [0, 0.05) is 18.8 Å². The summed E-state index contributed by atoms with van der Waals surface area (Å²) < 4.78 is 2.28. The van der Waals surface area contributed by atoms with Gasteiger partial charge in [0.25, 0.3) is 0 Å². The molecule has 2 unspecified atom stereocenters. The van der Waals surface area contributed by atoms with Crippen LogP contribution in [0, 0.1) is 12.8 Å². The minimum Gasteiger partial charge on any atom is -0.353 e. The molecule has 0 amide bonds. The number of hydrogen-bond donors (Lipinski definition) is 1. The van der Waals surface area contributed by atoms with Gasteiger partial charge in [-0.15, -0.1) is 0 Å². The monoisotopic (exact) mass is 235 g/mol. The third-order valence-corrected chi connectivity index (χ3v) is 3.68. The van der Waals surface area contributed by atoms with Gasteiger partial charge in [-0.25, -0.2) is 4.98 Å². The van der Waals surface area contributed by atoms with Crippen molar-refractivity contribution < 1.29 is 0 Å². The van der Waals surface area contributed by atoms with Crippen molar-refractivity contribution in [2.45, 2.75) is 65.5 Å². The largest absolute Gasteiger partial charge is 0.353 e. The molecule has 0 aromatic carbocycles. The third-order valence-electron chi connectivity index (χ3n) is 3.68. The van der Waals surface area contributed by atoms with Gasteiger partial charge in [-0.1, -0.05) is 20.3 Å². The molecule has 2 rings (SSSR count). The summed E-state index contributed by atoms with van der Waals surface area (Å²) in [6, 6.07) is 0.632. The molecule has 3 nitrogen and oxygen atoms in total. The van der Waals surface area contributed by atoms with Crippen molar-refractivity contribution in [2.75, 3.05) is 5.32 Å². The van der Waals surface area contributed by atoms with Gasteiger partial charge < -0.3 is 9.88 Å². The molecule has 0 aliphatic heterocycles. The number of unbranched alkanes of at least 4 members (excludes halogenated alkanes) is 1. The fourth-order valence-corrected chi connectivity index (χ4v) is 2.68. The Labute approximate surface area is 105 Å². The average Bonchev–Trinajstić information content (AvgIpc) is 2.83. The fraction of sp³-hybridized carbons (Fsp3) is 0.786. The molecule has 1 aliphatic carbocycles. The summed E-state index contributed by atoms with van der Waals surface area (Å²) in [6.45, 7) is 7.73. The van der Waals surface area contributed by atoms with Crippen LogP contribution >= 0.6 is 0 Å². The van der Waals surface area contributed by atoms with E-state index >= 15 is 0 Å². The van der Waals surface area contributed by atoms with Gasteiger partial charge in [0.2, 0.25) is 5.95 Å². The third kappa shape index (κ3) is 3.24. The summed E-state index contributed by atoms with van der Waals surface area (Å²) in [5, 5.41) is 3.62. The Hall–Kier alpha value is -0.990. The standard InChI is InChI=1S/C14H25N3/c1-4-5-8-17-10-12(3)15-14(17)16-13-7-6-11(2)9-13/h10-11,13H,4-9H2,1-3H3,(H,15,16). The lowest BCUT2D eigenvalue weighted by atomic mass is 10.1. The van der Waals surface area contributed by atoms with E-state index in [-0.39, 0.29) is 0 Å². The topological polar surface area (TPSA) is 29.9 Å². The Balaban J connectivity index is 1.99. The second-order valence-electron chi connectivity index (χ2n) is 5.51. The van der Waals surface area contributed by atoms with Gasteiger partial charge in [0.15, 0.2) is 0 Å². The van der Waals surface area contributed by atoms with E-state index in [0.717, 1.165) is 24.1 Å². The lowest BCUT2D eigenvalue weighted by Crippen LogP contribution is -2.18. The van der Waals surface area contributed by atoms with Gasteiger partial charge in [-0.05, 0) is 38.5 Å². The zero-order valence-corrected chi connectivity index (χ0v) is 11.4. The molecule has 96 valence electrons. The summed E-state index contributed by atoms with van der Waals surface area (Å²) in [7, 11) is 0. The molecular formula is C14H25N3. The molecule has 17 heavy (non-hydrogen) atoms. The van der Waals surface area contributed by atoms with Crippen molar-refractivity contribution in [1.82, 2.24) is 9.55 Å². The molecule has 0 bridgehead atoms. The van der Waals surface area contributed by atoms with E-state index in [4.69, 9.17) is 0 Å². The molecule has 3 heteroatoms. The zero-order chi connectivity index (χ0) is 12.3. The van der Waals surface area contributed by atoms with Crippen molar-refractivity contribution in [3.05, 3.63) is 11.9 Å². The van der Waals surface area contributed by atoms with Crippen LogP contribution in [0.4, 0.5) is 5.95 Å². The van der Waals surface area contributed by atoms with Crippen LogP contribution in [0.15, 0.2) is 6.20 Å². The van der Waals surface area contributed by atoms with Crippen molar-refractivity contribution >= 4 is 5.95 Å². The smallest absolute Gasteiger partial charge is 0.203 e. The van der Waals surface area contributed by atoms with Gasteiger partial charge in [0.05, 0.1) is 5.69 Å². The molecule has 0 spiro atoms. The highest BCUT2D eigenvalue weighted by atomic mass is 15.2. The summed E-state index contributed by atoms with van der Waals surface area (Å²) in [5.41, 5.74) is 1.12. The fourth-order valence-electron chi connectivity index (χ4n) is 2.68. The molecule has 1 aromatic rings. The van der Waals surface area contributed by atoms with E-state index in [9.17, 15) is 0 Å². The van der Waals surface area contributed by atoms with Gasteiger partial charge >= 0.3 is 0 Å². The highest BCUT2D eigenvalue weighted by Crippen LogP contribution is 2.27. The summed E-state index contributed by atoms with van der Waals surface area (Å²) >= 11 is 0. The van der Waals surface area contributed by atoms with Crippen molar-refractivity contribution in [2.24, 2.45) is 5.92 Å². The normalized spacial score (nSPS) is 24.2. The van der Waals surface area contributed by atoms with Crippen LogP contribution in [0.2, 0.25) is 0 Å². The number of anilines is 1. The van der Waals surface area contributed by atoms with Crippen molar-refractivity contribution in [3.8, 4) is 0 Å². The lowest BCUT2D eigenvalue weighted by molar-refractivity contribution is 0.595. The maximum absolute atomic E-state index is 4.60. The molecule has 1 aliphatic rings. The van der Waals surface area contributed by atoms with Crippen LogP contribution in [-0.4, -0.2) is 15.6 Å². The van der Waals surface area contributed by atoms with Crippen molar-refractivity contribution in [1.29, 1.82) is 0 Å². The first-order valence-electron chi connectivity index (χ1n) is 6.99. The molecule has 0 saturated heterocycles. The number of imidazole rings is 1. The van der Waals surface area contributed by atoms with E-state index < -0.39 is 0 Å². The van der Waals surface area contributed by atoms with Gasteiger partial charge in [0.1, 0.15) is 0 Å². The number of aryl methyl sites for hydroxylation is 2. The number of aromatic nitrogens is 2. The minimum absolute atomic E-state index is 0.632. The Kier molecular flexibility index (Phi) is 4.08. The molecule has 1 N–H and O–H groups in total. The first kappa shape index (κ1) is 12.5. The highest BCUT2D eigenvalue weighted by Gasteiger charge is 2.22. The van der Waals surface area contributed by atoms with Gasteiger partial charge in [-0.3, -0.25) is 0 Å². The number of hydrogen-bond acceptors (Lipinski definition) is 2. The van der Waals surface area contributed by atoms with Crippen LogP contribution in [0.1, 0.15) is 51.6 Å². The summed E-state index contributed by atoms with van der Waals surface area (Å²) in [5.74, 6) is 1.95. The zero-order valence-electron chi connectivity index (χ0n) is 11.4. The highest BCUT2D eigenvalue weighted by molar-refractivity contribution is 5.30. The molecule has 1 fully saturated rings. The first-order chi connectivity index (χ1) is 8.19. The maximum Gasteiger partial charge on any atom is 0.203 e. The quantitative estimate of drug-likeness (QED) is 0.845. The minimum atomic E-state index is 0.632. The molecule has 1 aromatic heterocycles. The first-order valence-corrected chi connectivity index (χ1v) is 6.99. The predicted octanol–water partition coefficient (Wildman–Crippen LogP) is 3.59. The molecule has 0 radical (unpaired) electrons. The average molecular weight is 235 g/mol. The van der Waals surface area contributed by atoms with E-state index in [0.29, 0.717) is 6.04 Å². The predicted molar refractivity (Wildman–Crippen MR) is 72.3 cm³/mol. The lowest BCUT2D eigenvalue weighted by Gasteiger charge is -2.14. The molecular weight excluding hydrogens is 210 g/mol. The van der Waals surface area contributed by atoms with E-state index in [1.54, 1.807) is 0 Å². The van der Waals surface area contributed by atoms with Crippen LogP contribution < -0.4 is 5.32 Å². The van der Waals surface area contributed by atoms with Crippen LogP contribution in [0.5, 0.6) is 0 Å². The SMILES string of the molecule is CCCCn1cc(C)nc1NC1CCC(C)C1. The van der Waals surface area contributed by atoms with Crippen molar-refractivity contribution in [3.63, 3.8) is 0 Å². The van der Waals surface area contributed by atoms with E-state index in [1.807, 2.05) is 0 Å². The van der Waals surface area contributed by atoms with Crippen LogP contribution in [0.25, 0.3) is 0 Å². The summed E-state index contributed by atoms with van der Waals surface area (Å²) in [6.07, 6.45) is 8.56. The van der Waals surface area contributed by atoms with E-state index in [1.165, 1.54) is 32.1 Å². The number of rotatable bonds is 5. The molecule has 1 heterocycles. The Morgan fingerprint density at radius 1 is 1.47 bits per heavy atom. The maximum atomic E-state index is 4.60. The van der Waals surface area contributed by atoms with Crippen LogP contribution in [-0.2, 0) is 6.54 Å². The number of nitrogens with one attached hydrogen (secondary N) is 1. The Morgan fingerprint density at radius 3 is 2.94 bits per heavy atom. The Bertz CT molecular complexity index is 356. The molecule has 1 saturated carbocycles. The number of nitrogens with zero attached hydrogens (tertiary/aromatic N) is 2.